The van der Waals surface area contributed by atoms with Gasteiger partial charge in [0.25, 0.3) is 5.91 Å². The lowest BCUT2D eigenvalue weighted by atomic mass is 10.2. The van der Waals surface area contributed by atoms with E-state index in [1.54, 1.807) is 68.9 Å². The minimum absolute atomic E-state index is 0.260. The molecule has 1 amide bonds. The van der Waals surface area contributed by atoms with Crippen LogP contribution >= 0.6 is 11.6 Å². The molecule has 0 saturated heterocycles. The number of rotatable bonds is 6. The van der Waals surface area contributed by atoms with E-state index in [0.29, 0.717) is 39.3 Å². The van der Waals surface area contributed by atoms with Crippen LogP contribution in [0.1, 0.15) is 10.4 Å². The average molecular weight is 384 g/mol. The lowest BCUT2D eigenvalue weighted by Crippen LogP contribution is -2.12. The topological polar surface area (TPSA) is 72.5 Å². The zero-order valence-electron chi connectivity index (χ0n) is 14.8. The molecule has 0 radical (unpaired) electrons. The van der Waals surface area contributed by atoms with Crippen LogP contribution in [0, 0.1) is 0 Å². The quantitative estimate of drug-likeness (QED) is 0.642. The van der Waals surface area contributed by atoms with E-state index in [2.05, 4.69) is 15.6 Å². The first kappa shape index (κ1) is 18.5. The molecule has 0 saturated carbocycles. The first-order valence-electron chi connectivity index (χ1n) is 8.11. The largest absolute Gasteiger partial charge is 0.497 e. The number of methoxy groups -OCH3 is 2. The van der Waals surface area contributed by atoms with E-state index in [0.717, 1.165) is 0 Å². The molecule has 0 spiro atoms. The number of hydrogen-bond acceptors (Lipinski definition) is 5. The van der Waals surface area contributed by atoms with Gasteiger partial charge in [-0.15, -0.1) is 0 Å². The fourth-order valence-corrected chi connectivity index (χ4v) is 2.64. The predicted octanol–water partition coefficient (Wildman–Crippen LogP) is 4.75. The maximum absolute atomic E-state index is 12.5. The molecule has 138 valence electrons. The molecular formula is C20H18ClN3O3. The van der Waals surface area contributed by atoms with Gasteiger partial charge in [0.05, 0.1) is 19.9 Å². The molecule has 0 bridgehead atoms. The van der Waals surface area contributed by atoms with E-state index in [9.17, 15) is 4.79 Å². The van der Waals surface area contributed by atoms with Crippen LogP contribution in [0.2, 0.25) is 5.02 Å². The third-order valence-corrected chi connectivity index (χ3v) is 4.01. The van der Waals surface area contributed by atoms with Crippen molar-refractivity contribution in [2.45, 2.75) is 0 Å². The number of halogens is 1. The van der Waals surface area contributed by atoms with Gasteiger partial charge in [-0.05, 0) is 42.5 Å². The number of ether oxygens (including phenoxy) is 2. The summed E-state index contributed by atoms with van der Waals surface area (Å²) in [6.45, 7) is 0. The number of anilines is 3. The van der Waals surface area contributed by atoms with Crippen LogP contribution in [0.25, 0.3) is 0 Å². The van der Waals surface area contributed by atoms with Gasteiger partial charge >= 0.3 is 0 Å². The van der Waals surface area contributed by atoms with E-state index in [-0.39, 0.29) is 5.91 Å². The zero-order valence-corrected chi connectivity index (χ0v) is 15.6. The Kier molecular flexibility index (Phi) is 5.78. The SMILES string of the molecule is COc1ccc(Nc2cc(C(=O)Nc3cccc(Cl)c3)ccn2)c(OC)c1. The number of amides is 1. The molecule has 0 atom stereocenters. The number of nitrogens with zero attached hydrogens (tertiary/aromatic N) is 1. The molecular weight excluding hydrogens is 366 g/mol. The van der Waals surface area contributed by atoms with E-state index >= 15 is 0 Å². The first-order valence-corrected chi connectivity index (χ1v) is 8.49. The van der Waals surface area contributed by atoms with E-state index in [1.165, 1.54) is 0 Å². The van der Waals surface area contributed by atoms with Gasteiger partial charge in [-0.25, -0.2) is 4.98 Å². The Bertz CT molecular complexity index is 963. The maximum Gasteiger partial charge on any atom is 0.255 e. The minimum atomic E-state index is -0.260. The van der Waals surface area contributed by atoms with E-state index in [4.69, 9.17) is 21.1 Å². The number of pyridine rings is 1. The lowest BCUT2D eigenvalue weighted by Gasteiger charge is -2.12. The second-order valence-electron chi connectivity index (χ2n) is 5.59. The number of benzene rings is 2. The fraction of sp³-hybridized carbons (Fsp3) is 0.100. The van der Waals surface area contributed by atoms with Crippen LogP contribution in [0.5, 0.6) is 11.5 Å². The van der Waals surface area contributed by atoms with Crippen molar-refractivity contribution in [2.75, 3.05) is 24.9 Å². The summed E-state index contributed by atoms with van der Waals surface area (Å²) in [7, 11) is 3.16. The molecule has 0 aliphatic rings. The molecule has 2 N–H and O–H groups in total. The second-order valence-corrected chi connectivity index (χ2v) is 6.02. The highest BCUT2D eigenvalue weighted by Crippen LogP contribution is 2.31. The highest BCUT2D eigenvalue weighted by Gasteiger charge is 2.10. The highest BCUT2D eigenvalue weighted by molar-refractivity contribution is 6.31. The number of carbonyl (C=O) groups is 1. The summed E-state index contributed by atoms with van der Waals surface area (Å²) in [5, 5.41) is 6.51. The Morgan fingerprint density at radius 2 is 1.89 bits per heavy atom. The van der Waals surface area contributed by atoms with Gasteiger partial charge < -0.3 is 20.1 Å². The Morgan fingerprint density at radius 3 is 2.63 bits per heavy atom. The van der Waals surface area contributed by atoms with E-state index in [1.807, 2.05) is 6.07 Å². The van der Waals surface area contributed by atoms with Crippen LogP contribution in [-0.4, -0.2) is 25.1 Å². The monoisotopic (exact) mass is 383 g/mol. The van der Waals surface area contributed by atoms with Crippen LogP contribution in [0.3, 0.4) is 0 Å². The van der Waals surface area contributed by atoms with Crippen molar-refractivity contribution in [1.82, 2.24) is 4.98 Å². The van der Waals surface area contributed by atoms with Crippen LogP contribution in [0.15, 0.2) is 60.8 Å². The third kappa shape index (κ3) is 4.68. The van der Waals surface area contributed by atoms with Gasteiger partial charge in [0.15, 0.2) is 0 Å². The molecule has 0 fully saturated rings. The third-order valence-electron chi connectivity index (χ3n) is 3.78. The molecule has 0 aliphatic carbocycles. The number of hydrogen-bond donors (Lipinski definition) is 2. The van der Waals surface area contributed by atoms with Crippen molar-refractivity contribution in [3.05, 3.63) is 71.4 Å². The summed E-state index contributed by atoms with van der Waals surface area (Å²) in [4.78, 5) is 16.7. The Morgan fingerprint density at radius 1 is 1.04 bits per heavy atom. The van der Waals surface area contributed by atoms with Crippen molar-refractivity contribution in [2.24, 2.45) is 0 Å². The van der Waals surface area contributed by atoms with Crippen molar-refractivity contribution in [3.63, 3.8) is 0 Å². The molecule has 3 aromatic rings. The van der Waals surface area contributed by atoms with Crippen LogP contribution in [-0.2, 0) is 0 Å². The molecule has 0 aliphatic heterocycles. The Labute approximate surface area is 162 Å². The molecule has 6 nitrogen and oxygen atoms in total. The highest BCUT2D eigenvalue weighted by atomic mass is 35.5. The Hall–Kier alpha value is -3.25. The van der Waals surface area contributed by atoms with Crippen molar-refractivity contribution < 1.29 is 14.3 Å². The Balaban J connectivity index is 1.78. The molecule has 7 heteroatoms. The fourth-order valence-electron chi connectivity index (χ4n) is 2.45. The van der Waals surface area contributed by atoms with Gasteiger partial charge in [-0.1, -0.05) is 17.7 Å². The summed E-state index contributed by atoms with van der Waals surface area (Å²) in [6, 6.07) is 15.6. The number of carbonyl (C=O) groups excluding carboxylic acids is 1. The zero-order chi connectivity index (χ0) is 19.2. The summed E-state index contributed by atoms with van der Waals surface area (Å²) in [5.41, 5.74) is 1.79. The molecule has 3 rings (SSSR count). The lowest BCUT2D eigenvalue weighted by molar-refractivity contribution is 0.102. The summed E-state index contributed by atoms with van der Waals surface area (Å²) < 4.78 is 10.6. The van der Waals surface area contributed by atoms with Crippen molar-refractivity contribution in [3.8, 4) is 11.5 Å². The summed E-state index contributed by atoms with van der Waals surface area (Å²) in [5.74, 6) is 1.53. The van der Waals surface area contributed by atoms with Gasteiger partial charge in [0.1, 0.15) is 17.3 Å². The molecule has 27 heavy (non-hydrogen) atoms. The first-order chi connectivity index (χ1) is 13.1. The smallest absolute Gasteiger partial charge is 0.255 e. The van der Waals surface area contributed by atoms with Gasteiger partial charge in [-0.3, -0.25) is 4.79 Å². The average Bonchev–Trinajstić information content (AvgIpc) is 2.68. The maximum atomic E-state index is 12.5. The van der Waals surface area contributed by atoms with Crippen LogP contribution in [0.4, 0.5) is 17.2 Å². The van der Waals surface area contributed by atoms with Gasteiger partial charge in [-0.2, -0.15) is 0 Å². The standard InChI is InChI=1S/C20H18ClN3O3/c1-26-16-6-7-17(18(12-16)27-2)24-19-10-13(8-9-22-19)20(25)23-15-5-3-4-14(21)11-15/h3-12H,1-2H3,(H,22,24)(H,23,25). The molecule has 1 aromatic heterocycles. The molecule has 2 aromatic carbocycles. The van der Waals surface area contributed by atoms with Crippen molar-refractivity contribution in [1.29, 1.82) is 0 Å². The van der Waals surface area contributed by atoms with Crippen LogP contribution < -0.4 is 20.1 Å². The second kappa shape index (κ2) is 8.42. The number of nitrogens with one attached hydrogen (secondary N) is 2. The number of aromatic nitrogens is 1. The normalized spacial score (nSPS) is 10.2. The van der Waals surface area contributed by atoms with E-state index < -0.39 is 0 Å². The molecule has 1 heterocycles. The minimum Gasteiger partial charge on any atom is -0.497 e. The summed E-state index contributed by atoms with van der Waals surface area (Å²) >= 11 is 5.95. The summed E-state index contributed by atoms with van der Waals surface area (Å²) in [6.07, 6.45) is 1.56. The predicted molar refractivity (Wildman–Crippen MR) is 106 cm³/mol. The van der Waals surface area contributed by atoms with Crippen molar-refractivity contribution >= 4 is 34.7 Å². The van der Waals surface area contributed by atoms with Gasteiger partial charge in [0.2, 0.25) is 0 Å². The van der Waals surface area contributed by atoms with Gasteiger partial charge in [0, 0.05) is 28.5 Å². The molecule has 0 unspecified atom stereocenters.